The van der Waals surface area contributed by atoms with E-state index in [1.165, 1.54) is 10.8 Å². The van der Waals surface area contributed by atoms with Crippen molar-refractivity contribution in [2.45, 2.75) is 31.6 Å². The van der Waals surface area contributed by atoms with E-state index in [0.29, 0.717) is 18.4 Å². The molecule has 108 valence electrons. The lowest BCUT2D eigenvalue weighted by molar-refractivity contribution is -0.0247. The Labute approximate surface area is 115 Å². The van der Waals surface area contributed by atoms with Crippen LogP contribution in [0.1, 0.15) is 24.6 Å². The molecule has 0 amide bonds. The highest BCUT2D eigenvalue weighted by molar-refractivity contribution is 5.15. The molecule has 1 aromatic heterocycles. The highest BCUT2D eigenvalue weighted by Gasteiger charge is 2.27. The summed E-state index contributed by atoms with van der Waals surface area (Å²) in [4.78, 5) is 25.7. The molecule has 0 unspecified atom stereocenters. The number of aromatic amines is 1. The molecule has 2 rings (SSSR count). The molecule has 1 aromatic rings. The topological polar surface area (TPSA) is 110 Å². The molecule has 1 saturated heterocycles. The molecule has 7 nitrogen and oxygen atoms in total. The Morgan fingerprint density at radius 3 is 2.90 bits per heavy atom. The van der Waals surface area contributed by atoms with Gasteiger partial charge in [-0.1, -0.05) is 11.8 Å². The first-order valence-electron chi connectivity index (χ1n) is 6.42. The number of rotatable bonds is 3. The van der Waals surface area contributed by atoms with E-state index in [2.05, 4.69) is 16.8 Å². The first-order valence-corrected chi connectivity index (χ1v) is 6.42. The van der Waals surface area contributed by atoms with Crippen LogP contribution < -0.4 is 17.0 Å². The first-order chi connectivity index (χ1) is 9.65. The van der Waals surface area contributed by atoms with Crippen molar-refractivity contribution in [2.75, 3.05) is 13.2 Å². The fourth-order valence-corrected chi connectivity index (χ4v) is 2.12. The summed E-state index contributed by atoms with van der Waals surface area (Å²) >= 11 is 0. The summed E-state index contributed by atoms with van der Waals surface area (Å²) in [7, 11) is 0. The zero-order chi connectivity index (χ0) is 14.5. The molecule has 1 fully saturated rings. The molecule has 0 spiro atoms. The van der Waals surface area contributed by atoms with Crippen LogP contribution in [-0.4, -0.2) is 33.9 Å². The molecule has 0 radical (unpaired) electrons. The number of aromatic nitrogens is 2. The number of hydrogen-bond acceptors (Lipinski definition) is 5. The maximum Gasteiger partial charge on any atom is 0.330 e. The first kappa shape index (κ1) is 14.5. The van der Waals surface area contributed by atoms with Gasteiger partial charge in [-0.05, 0) is 12.8 Å². The van der Waals surface area contributed by atoms with Gasteiger partial charge in [0.05, 0.1) is 19.3 Å². The van der Waals surface area contributed by atoms with Crippen molar-refractivity contribution in [3.05, 3.63) is 32.6 Å². The van der Waals surface area contributed by atoms with Gasteiger partial charge in [0.1, 0.15) is 6.23 Å². The number of hydrogen-bond donors (Lipinski definition) is 3. The quantitative estimate of drug-likeness (QED) is 0.596. The molecule has 0 aliphatic carbocycles. The molecular weight excluding hydrogens is 262 g/mol. The third-order valence-corrected chi connectivity index (χ3v) is 3.15. The number of aliphatic hydroxyl groups excluding tert-OH is 1. The molecule has 2 heterocycles. The van der Waals surface area contributed by atoms with Gasteiger partial charge in [0.25, 0.3) is 5.56 Å². The van der Waals surface area contributed by atoms with Crippen LogP contribution >= 0.6 is 0 Å². The molecule has 0 bridgehead atoms. The molecule has 4 N–H and O–H groups in total. The van der Waals surface area contributed by atoms with Crippen molar-refractivity contribution in [1.29, 1.82) is 0 Å². The molecule has 0 aromatic carbocycles. The Balaban J connectivity index is 2.27. The van der Waals surface area contributed by atoms with Gasteiger partial charge in [-0.25, -0.2) is 4.79 Å². The summed E-state index contributed by atoms with van der Waals surface area (Å²) in [5.74, 6) is 5.43. The van der Waals surface area contributed by atoms with Crippen molar-refractivity contribution in [3.8, 4) is 11.8 Å². The Hall–Kier alpha value is -1.88. The normalized spacial score (nSPS) is 21.5. The monoisotopic (exact) mass is 279 g/mol. The Morgan fingerprint density at radius 2 is 2.25 bits per heavy atom. The van der Waals surface area contributed by atoms with Gasteiger partial charge in [0.15, 0.2) is 0 Å². The van der Waals surface area contributed by atoms with Crippen LogP contribution in [0.15, 0.2) is 15.8 Å². The Morgan fingerprint density at radius 1 is 1.45 bits per heavy atom. The second kappa shape index (κ2) is 6.52. The summed E-state index contributed by atoms with van der Waals surface area (Å²) in [6, 6.07) is 0. The van der Waals surface area contributed by atoms with Crippen molar-refractivity contribution < 1.29 is 9.84 Å². The largest absolute Gasteiger partial charge is 0.394 e. The average molecular weight is 279 g/mol. The highest BCUT2D eigenvalue weighted by atomic mass is 16.5. The van der Waals surface area contributed by atoms with Crippen LogP contribution in [0, 0.1) is 11.8 Å². The van der Waals surface area contributed by atoms with Crippen LogP contribution in [0.2, 0.25) is 0 Å². The standard InChI is InChI=1S/C13H17N3O4/c14-6-2-1-3-9-7-16(13(19)15-12(9)18)11-5-4-10(8-17)20-11/h7,10-11,17H,3-6,8,14H2,(H,15,18,19)/t10-,11+/m0/s1. The lowest BCUT2D eigenvalue weighted by Gasteiger charge is -2.15. The van der Waals surface area contributed by atoms with E-state index >= 15 is 0 Å². The molecule has 20 heavy (non-hydrogen) atoms. The van der Waals surface area contributed by atoms with Gasteiger partial charge < -0.3 is 15.6 Å². The van der Waals surface area contributed by atoms with E-state index in [-0.39, 0.29) is 25.7 Å². The minimum atomic E-state index is -0.519. The van der Waals surface area contributed by atoms with Crippen LogP contribution in [0.3, 0.4) is 0 Å². The Kier molecular flexibility index (Phi) is 4.74. The number of H-pyrrole nitrogens is 1. The number of nitrogens with one attached hydrogen (secondary N) is 1. The fourth-order valence-electron chi connectivity index (χ4n) is 2.12. The highest BCUT2D eigenvalue weighted by Crippen LogP contribution is 2.26. The molecular formula is C13H17N3O4. The van der Waals surface area contributed by atoms with Gasteiger partial charge in [-0.15, -0.1) is 0 Å². The molecule has 1 aliphatic heterocycles. The molecule has 2 atom stereocenters. The van der Waals surface area contributed by atoms with Crippen LogP contribution in [0.4, 0.5) is 0 Å². The van der Waals surface area contributed by atoms with E-state index in [4.69, 9.17) is 15.6 Å². The minimum absolute atomic E-state index is 0.0799. The zero-order valence-corrected chi connectivity index (χ0v) is 11.0. The third-order valence-electron chi connectivity index (χ3n) is 3.15. The molecule has 0 saturated carbocycles. The molecule has 7 heteroatoms. The van der Waals surface area contributed by atoms with E-state index in [0.717, 1.165) is 0 Å². The number of nitrogens with zero attached hydrogens (tertiary/aromatic N) is 1. The van der Waals surface area contributed by atoms with Crippen LogP contribution in [0.25, 0.3) is 0 Å². The smallest absolute Gasteiger partial charge is 0.330 e. The summed E-state index contributed by atoms with van der Waals surface area (Å²) in [5, 5.41) is 9.04. The summed E-state index contributed by atoms with van der Waals surface area (Å²) in [6.07, 6.45) is 2.26. The van der Waals surface area contributed by atoms with Gasteiger partial charge >= 0.3 is 5.69 Å². The number of nitrogens with two attached hydrogens (primary N) is 1. The van der Waals surface area contributed by atoms with E-state index < -0.39 is 17.5 Å². The summed E-state index contributed by atoms with van der Waals surface area (Å²) in [5.41, 5.74) is 4.68. The molecule has 1 aliphatic rings. The van der Waals surface area contributed by atoms with Gasteiger partial charge in [0, 0.05) is 18.2 Å². The number of ether oxygens (including phenoxy) is 1. The van der Waals surface area contributed by atoms with Crippen molar-refractivity contribution in [1.82, 2.24) is 9.55 Å². The maximum atomic E-state index is 11.8. The second-order valence-corrected chi connectivity index (χ2v) is 4.53. The van der Waals surface area contributed by atoms with Gasteiger partial charge in [0.2, 0.25) is 0 Å². The summed E-state index contributed by atoms with van der Waals surface area (Å²) < 4.78 is 6.88. The van der Waals surface area contributed by atoms with Crippen molar-refractivity contribution in [2.24, 2.45) is 5.73 Å². The SMILES string of the molecule is NCC#CCc1cn([C@H]2CC[C@@H](CO)O2)c(=O)[nH]c1=O. The lowest BCUT2D eigenvalue weighted by Crippen LogP contribution is -2.34. The van der Waals surface area contributed by atoms with Crippen molar-refractivity contribution in [3.63, 3.8) is 0 Å². The van der Waals surface area contributed by atoms with Crippen molar-refractivity contribution >= 4 is 0 Å². The summed E-state index contributed by atoms with van der Waals surface area (Å²) in [6.45, 7) is 0.144. The average Bonchev–Trinajstić information content (AvgIpc) is 2.90. The van der Waals surface area contributed by atoms with E-state index in [1.807, 2.05) is 0 Å². The van der Waals surface area contributed by atoms with E-state index in [1.54, 1.807) is 0 Å². The predicted molar refractivity (Wildman–Crippen MR) is 72.1 cm³/mol. The lowest BCUT2D eigenvalue weighted by atomic mass is 10.2. The maximum absolute atomic E-state index is 11.8. The second-order valence-electron chi connectivity index (χ2n) is 4.53. The van der Waals surface area contributed by atoms with Gasteiger partial charge in [-0.2, -0.15) is 0 Å². The predicted octanol–water partition coefficient (Wildman–Crippen LogP) is -1.29. The van der Waals surface area contributed by atoms with E-state index in [9.17, 15) is 9.59 Å². The minimum Gasteiger partial charge on any atom is -0.394 e. The number of aliphatic hydroxyl groups is 1. The zero-order valence-electron chi connectivity index (χ0n) is 11.0. The fraction of sp³-hybridized carbons (Fsp3) is 0.538. The van der Waals surface area contributed by atoms with Gasteiger partial charge in [-0.3, -0.25) is 14.3 Å². The van der Waals surface area contributed by atoms with Crippen LogP contribution in [-0.2, 0) is 11.2 Å². The Bertz CT molecular complexity index is 637. The third kappa shape index (κ3) is 3.17. The van der Waals surface area contributed by atoms with Crippen LogP contribution in [0.5, 0.6) is 0 Å².